The number of pyridine rings is 1. The molecular formula is C18H15ClF2N8O. The first-order valence-corrected chi connectivity index (χ1v) is 9.48. The van der Waals surface area contributed by atoms with Gasteiger partial charge < -0.3 is 9.88 Å². The van der Waals surface area contributed by atoms with Gasteiger partial charge in [-0.25, -0.2) is 27.9 Å². The molecule has 0 spiro atoms. The zero-order chi connectivity index (χ0) is 21.0. The second kappa shape index (κ2) is 6.87. The molecule has 0 aliphatic carbocycles. The van der Waals surface area contributed by atoms with Crippen LogP contribution in [0.25, 0.3) is 5.52 Å². The average molecular weight is 433 g/mol. The fourth-order valence-electron chi connectivity index (χ4n) is 3.74. The van der Waals surface area contributed by atoms with E-state index in [1.165, 1.54) is 11.9 Å². The van der Waals surface area contributed by atoms with Gasteiger partial charge in [0.1, 0.15) is 11.2 Å². The van der Waals surface area contributed by atoms with E-state index >= 15 is 0 Å². The third kappa shape index (κ3) is 2.84. The number of hydrogen-bond donors (Lipinski definition) is 1. The Morgan fingerprint density at radius 3 is 2.90 bits per heavy atom. The lowest BCUT2D eigenvalue weighted by atomic mass is 9.99. The van der Waals surface area contributed by atoms with E-state index in [-0.39, 0.29) is 5.82 Å². The van der Waals surface area contributed by atoms with Gasteiger partial charge in [-0.15, -0.1) is 5.10 Å². The number of carbonyl (C=O) groups excluding carboxylic acids is 1. The molecule has 12 heteroatoms. The highest BCUT2D eigenvalue weighted by atomic mass is 35.5. The third-order valence-electron chi connectivity index (χ3n) is 5.09. The van der Waals surface area contributed by atoms with Crippen LogP contribution in [0.2, 0.25) is 5.15 Å². The lowest BCUT2D eigenvalue weighted by Gasteiger charge is -2.33. The van der Waals surface area contributed by atoms with Crippen molar-refractivity contribution in [1.29, 1.82) is 0 Å². The van der Waals surface area contributed by atoms with Gasteiger partial charge >= 0.3 is 0 Å². The van der Waals surface area contributed by atoms with Crippen molar-refractivity contribution in [3.63, 3.8) is 0 Å². The van der Waals surface area contributed by atoms with Gasteiger partial charge in [0.2, 0.25) is 11.6 Å². The van der Waals surface area contributed by atoms with Crippen LogP contribution >= 0.6 is 11.6 Å². The van der Waals surface area contributed by atoms with Crippen LogP contribution in [0.5, 0.6) is 0 Å². The van der Waals surface area contributed by atoms with Crippen molar-refractivity contribution in [3.05, 3.63) is 64.5 Å². The molecule has 5 heterocycles. The number of nitrogens with zero attached hydrogens (tertiary/aromatic N) is 7. The van der Waals surface area contributed by atoms with Gasteiger partial charge in [-0.2, -0.15) is 5.10 Å². The summed E-state index contributed by atoms with van der Waals surface area (Å²) in [6, 6.07) is 6.55. The summed E-state index contributed by atoms with van der Waals surface area (Å²) in [5.74, 6) is -1.39. The van der Waals surface area contributed by atoms with Crippen LogP contribution in [0.3, 0.4) is 0 Å². The number of fused-ring (bicyclic) bond motifs is 2. The van der Waals surface area contributed by atoms with Gasteiger partial charge in [0.05, 0.1) is 23.2 Å². The standard InChI is InChI=1S/C18H15ClF2N8O/c1-27-17(24-16(26-27)15(20)21)18(30)28-6-5-10-13(23-8-22-10)14(28)11-7-9-3-2-4-12(19)29(9)25-11/h2-4,7-8,14-15H,5-6H2,1H3,(H,22,23)/t14-/m1/s1. The Labute approximate surface area is 173 Å². The smallest absolute Gasteiger partial charge is 0.299 e. The molecule has 4 aromatic rings. The quantitative estimate of drug-likeness (QED) is 0.502. The number of halogens is 3. The highest BCUT2D eigenvalue weighted by Gasteiger charge is 2.38. The van der Waals surface area contributed by atoms with Crippen LogP contribution < -0.4 is 0 Å². The molecule has 1 atom stereocenters. The molecular weight excluding hydrogens is 418 g/mol. The van der Waals surface area contributed by atoms with E-state index < -0.39 is 24.2 Å². The van der Waals surface area contributed by atoms with Gasteiger partial charge in [-0.1, -0.05) is 17.7 Å². The topological polar surface area (TPSA) is 97.0 Å². The molecule has 0 aromatic carbocycles. The molecule has 0 unspecified atom stereocenters. The predicted molar refractivity (Wildman–Crippen MR) is 101 cm³/mol. The second-order valence-corrected chi connectivity index (χ2v) is 7.28. The molecule has 0 bridgehead atoms. The fraction of sp³-hybridized carbons (Fsp3) is 0.278. The lowest BCUT2D eigenvalue weighted by molar-refractivity contribution is 0.0669. The van der Waals surface area contributed by atoms with E-state index in [1.54, 1.807) is 23.0 Å². The zero-order valence-corrected chi connectivity index (χ0v) is 16.4. The SMILES string of the molecule is Cn1nc(C(F)F)nc1C(=O)N1CCc2[nH]cnc2[C@H]1c1cc2cccc(Cl)n2n1. The van der Waals surface area contributed by atoms with Gasteiger partial charge in [-0.3, -0.25) is 4.79 Å². The van der Waals surface area contributed by atoms with E-state index in [1.807, 2.05) is 12.1 Å². The van der Waals surface area contributed by atoms with Crippen molar-refractivity contribution in [2.24, 2.45) is 7.05 Å². The molecule has 1 amide bonds. The number of aromatic amines is 1. The van der Waals surface area contributed by atoms with E-state index in [0.717, 1.165) is 15.9 Å². The maximum absolute atomic E-state index is 13.3. The first-order valence-electron chi connectivity index (χ1n) is 9.10. The Kier molecular flexibility index (Phi) is 4.28. The van der Waals surface area contributed by atoms with Crippen LogP contribution in [0.15, 0.2) is 30.6 Å². The summed E-state index contributed by atoms with van der Waals surface area (Å²) in [5.41, 5.74) is 2.84. The molecule has 0 saturated carbocycles. The van der Waals surface area contributed by atoms with Crippen molar-refractivity contribution in [2.45, 2.75) is 18.9 Å². The number of alkyl halides is 2. The second-order valence-electron chi connectivity index (χ2n) is 6.89. The summed E-state index contributed by atoms with van der Waals surface area (Å²) in [4.78, 5) is 26.1. The van der Waals surface area contributed by atoms with Gasteiger partial charge in [0, 0.05) is 25.7 Å². The van der Waals surface area contributed by atoms with Crippen LogP contribution in [0, 0.1) is 0 Å². The largest absolute Gasteiger partial charge is 0.348 e. The predicted octanol–water partition coefficient (Wildman–Crippen LogP) is 2.56. The number of carbonyl (C=O) groups is 1. The molecule has 5 rings (SSSR count). The molecule has 1 N–H and O–H groups in total. The number of imidazole rings is 1. The Morgan fingerprint density at radius 2 is 2.17 bits per heavy atom. The minimum Gasteiger partial charge on any atom is -0.348 e. The number of nitrogens with one attached hydrogen (secondary N) is 1. The highest BCUT2D eigenvalue weighted by molar-refractivity contribution is 6.29. The van der Waals surface area contributed by atoms with Crippen LogP contribution in [0.1, 0.15) is 46.0 Å². The maximum atomic E-state index is 13.3. The van der Waals surface area contributed by atoms with Gasteiger partial charge in [-0.05, 0) is 18.2 Å². The maximum Gasteiger partial charge on any atom is 0.299 e. The lowest BCUT2D eigenvalue weighted by Crippen LogP contribution is -2.42. The summed E-state index contributed by atoms with van der Waals surface area (Å²) in [6.07, 6.45) is -0.773. The van der Waals surface area contributed by atoms with E-state index in [2.05, 4.69) is 25.1 Å². The Balaban J connectivity index is 1.62. The first-order chi connectivity index (χ1) is 14.4. The van der Waals surface area contributed by atoms with Crippen LogP contribution in [-0.2, 0) is 13.5 Å². The number of hydrogen-bond acceptors (Lipinski definition) is 5. The fourth-order valence-corrected chi connectivity index (χ4v) is 3.95. The van der Waals surface area contributed by atoms with Crippen molar-refractivity contribution < 1.29 is 13.6 Å². The average Bonchev–Trinajstić information content (AvgIpc) is 3.44. The molecule has 1 aliphatic rings. The summed E-state index contributed by atoms with van der Waals surface area (Å²) < 4.78 is 28.7. The molecule has 0 radical (unpaired) electrons. The minimum absolute atomic E-state index is 0.170. The molecule has 0 fully saturated rings. The molecule has 30 heavy (non-hydrogen) atoms. The van der Waals surface area contributed by atoms with Crippen molar-refractivity contribution in [3.8, 4) is 0 Å². The summed E-state index contributed by atoms with van der Waals surface area (Å²) in [7, 11) is 1.41. The van der Waals surface area contributed by atoms with Gasteiger partial charge in [0.15, 0.2) is 0 Å². The number of rotatable bonds is 3. The Morgan fingerprint density at radius 1 is 1.33 bits per heavy atom. The Hall–Kier alpha value is -3.34. The highest BCUT2D eigenvalue weighted by Crippen LogP contribution is 2.34. The van der Waals surface area contributed by atoms with E-state index in [0.29, 0.717) is 29.5 Å². The van der Waals surface area contributed by atoms with E-state index in [9.17, 15) is 13.6 Å². The number of aromatic nitrogens is 7. The van der Waals surface area contributed by atoms with Crippen molar-refractivity contribution in [1.82, 2.24) is 39.2 Å². The Bertz CT molecular complexity index is 1260. The number of amides is 1. The summed E-state index contributed by atoms with van der Waals surface area (Å²) in [6.45, 7) is 0.331. The molecule has 4 aromatic heterocycles. The van der Waals surface area contributed by atoms with Crippen LogP contribution in [0.4, 0.5) is 8.78 Å². The third-order valence-corrected chi connectivity index (χ3v) is 5.38. The molecule has 0 saturated heterocycles. The monoisotopic (exact) mass is 432 g/mol. The number of aryl methyl sites for hydroxylation is 1. The summed E-state index contributed by atoms with van der Waals surface area (Å²) >= 11 is 6.24. The number of H-pyrrole nitrogens is 1. The summed E-state index contributed by atoms with van der Waals surface area (Å²) in [5, 5.41) is 8.65. The molecule has 9 nitrogen and oxygen atoms in total. The zero-order valence-electron chi connectivity index (χ0n) is 15.6. The molecule has 1 aliphatic heterocycles. The van der Waals surface area contributed by atoms with Crippen molar-refractivity contribution in [2.75, 3.05) is 6.54 Å². The molecule has 154 valence electrons. The first kappa shape index (κ1) is 18.7. The van der Waals surface area contributed by atoms with Crippen molar-refractivity contribution >= 4 is 23.0 Å². The normalized spacial score (nSPS) is 16.4. The van der Waals surface area contributed by atoms with E-state index in [4.69, 9.17) is 11.6 Å². The minimum atomic E-state index is -2.87. The van der Waals surface area contributed by atoms with Gasteiger partial charge in [0.25, 0.3) is 12.3 Å². The van der Waals surface area contributed by atoms with Crippen LogP contribution in [-0.4, -0.2) is 51.7 Å².